The second kappa shape index (κ2) is 5.90. The Kier molecular flexibility index (Phi) is 3.98. The van der Waals surface area contributed by atoms with Crippen LogP contribution in [0.15, 0.2) is 12.7 Å². The third kappa shape index (κ3) is 3.11. The second-order valence-electron chi connectivity index (χ2n) is 5.11. The molecule has 3 heterocycles. The van der Waals surface area contributed by atoms with E-state index in [1.165, 1.54) is 17.3 Å². The second-order valence-corrected chi connectivity index (χ2v) is 5.45. The average Bonchev–Trinajstić information content (AvgIpc) is 3.01. The first-order chi connectivity index (χ1) is 10.1. The van der Waals surface area contributed by atoms with E-state index in [1.54, 1.807) is 0 Å². The molecule has 0 spiro atoms. The molecule has 0 radical (unpaired) electrons. The number of aromatic nitrogens is 6. The molecule has 1 N–H and O–H groups in total. The zero-order valence-electron chi connectivity index (χ0n) is 11.6. The molecule has 0 aliphatic carbocycles. The summed E-state index contributed by atoms with van der Waals surface area (Å²) >= 11 is 5.97. The van der Waals surface area contributed by atoms with E-state index >= 15 is 0 Å². The van der Waals surface area contributed by atoms with E-state index in [0.29, 0.717) is 17.8 Å². The number of halogens is 1. The molecule has 1 saturated heterocycles. The molecule has 21 heavy (non-hydrogen) atoms. The van der Waals surface area contributed by atoms with E-state index in [4.69, 9.17) is 11.6 Å². The molecule has 8 nitrogen and oxygen atoms in total. The van der Waals surface area contributed by atoms with Gasteiger partial charge in [-0.05, 0) is 37.3 Å². The molecule has 0 amide bonds. The molecule has 1 atom stereocenters. The van der Waals surface area contributed by atoms with Crippen molar-refractivity contribution in [2.24, 2.45) is 5.92 Å². The van der Waals surface area contributed by atoms with Crippen molar-refractivity contribution in [3.05, 3.63) is 17.9 Å². The molecular formula is C12H16ClN7O. The predicted molar refractivity (Wildman–Crippen MR) is 76.4 cm³/mol. The lowest BCUT2D eigenvalue weighted by molar-refractivity contribution is 0.109. The van der Waals surface area contributed by atoms with Crippen LogP contribution in [0.5, 0.6) is 0 Å². The lowest BCUT2D eigenvalue weighted by Gasteiger charge is -2.33. The highest BCUT2D eigenvalue weighted by Gasteiger charge is 2.24. The summed E-state index contributed by atoms with van der Waals surface area (Å²) in [6, 6.07) is 0. The van der Waals surface area contributed by atoms with Crippen LogP contribution in [-0.2, 0) is 0 Å². The number of anilines is 1. The molecule has 9 heteroatoms. The first-order valence-electron chi connectivity index (χ1n) is 6.83. The van der Waals surface area contributed by atoms with Gasteiger partial charge < -0.3 is 10.0 Å². The topological polar surface area (TPSA) is 92.8 Å². The molecule has 3 rings (SSSR count). The molecule has 0 aromatic carbocycles. The number of aliphatic hydroxyl groups is 1. The Hall–Kier alpha value is -1.80. The van der Waals surface area contributed by atoms with Crippen molar-refractivity contribution in [3.63, 3.8) is 0 Å². The molecule has 1 fully saturated rings. The molecule has 0 saturated carbocycles. The summed E-state index contributed by atoms with van der Waals surface area (Å²) in [6.45, 7) is 3.41. The van der Waals surface area contributed by atoms with E-state index in [0.717, 1.165) is 25.9 Å². The quantitative estimate of drug-likeness (QED) is 0.892. The summed E-state index contributed by atoms with van der Waals surface area (Å²) in [6.07, 6.45) is 4.44. The monoisotopic (exact) mass is 309 g/mol. The minimum absolute atomic E-state index is 0.128. The molecule has 1 unspecified atom stereocenters. The van der Waals surface area contributed by atoms with E-state index in [9.17, 15) is 5.11 Å². The highest BCUT2D eigenvalue weighted by molar-refractivity contribution is 6.28. The Labute approximate surface area is 126 Å². The fraction of sp³-hybridized carbons (Fsp3) is 0.583. The molecule has 0 bridgehead atoms. The summed E-state index contributed by atoms with van der Waals surface area (Å²) in [7, 11) is 0. The summed E-state index contributed by atoms with van der Waals surface area (Å²) in [5, 5.41) is 13.8. The van der Waals surface area contributed by atoms with Crippen molar-refractivity contribution in [2.75, 3.05) is 18.0 Å². The number of hydrogen-bond donors (Lipinski definition) is 1. The summed E-state index contributed by atoms with van der Waals surface area (Å²) in [5.74, 6) is 1.21. The van der Waals surface area contributed by atoms with Crippen molar-refractivity contribution in [1.29, 1.82) is 0 Å². The van der Waals surface area contributed by atoms with E-state index in [-0.39, 0.29) is 11.4 Å². The Morgan fingerprint density at radius 3 is 2.57 bits per heavy atom. The van der Waals surface area contributed by atoms with E-state index in [1.807, 2.05) is 11.8 Å². The van der Waals surface area contributed by atoms with Crippen LogP contribution < -0.4 is 4.90 Å². The van der Waals surface area contributed by atoms with Crippen LogP contribution in [0.2, 0.25) is 5.28 Å². The normalized spacial score (nSPS) is 18.0. The van der Waals surface area contributed by atoms with E-state index < -0.39 is 0 Å². The number of rotatable bonds is 3. The van der Waals surface area contributed by atoms with Gasteiger partial charge in [-0.1, -0.05) is 0 Å². The third-order valence-corrected chi connectivity index (χ3v) is 3.88. The molecule has 2 aromatic rings. The van der Waals surface area contributed by atoms with Crippen LogP contribution in [0.1, 0.15) is 19.8 Å². The van der Waals surface area contributed by atoms with Crippen LogP contribution in [0.3, 0.4) is 0 Å². The fourth-order valence-corrected chi connectivity index (χ4v) is 2.62. The van der Waals surface area contributed by atoms with Crippen LogP contribution in [0.4, 0.5) is 5.95 Å². The minimum atomic E-state index is -0.278. The molecule has 2 aromatic heterocycles. The zero-order chi connectivity index (χ0) is 14.8. The molecule has 1 aliphatic heterocycles. The van der Waals surface area contributed by atoms with E-state index in [2.05, 4.69) is 25.0 Å². The maximum atomic E-state index is 9.65. The maximum Gasteiger partial charge on any atom is 0.258 e. The first kappa shape index (κ1) is 14.2. The zero-order valence-corrected chi connectivity index (χ0v) is 12.3. The predicted octanol–water partition coefficient (Wildman–Crippen LogP) is 0.703. The number of nitrogens with zero attached hydrogens (tertiary/aromatic N) is 7. The van der Waals surface area contributed by atoms with Crippen molar-refractivity contribution in [2.45, 2.75) is 25.9 Å². The minimum Gasteiger partial charge on any atom is -0.393 e. The Morgan fingerprint density at radius 2 is 1.95 bits per heavy atom. The highest BCUT2D eigenvalue weighted by atomic mass is 35.5. The number of piperidine rings is 1. The van der Waals surface area contributed by atoms with Crippen LogP contribution in [0.25, 0.3) is 5.95 Å². The van der Waals surface area contributed by atoms with Crippen molar-refractivity contribution in [3.8, 4) is 5.95 Å². The standard InChI is InChI=1S/C12H16ClN7O/c1-8(21)9-2-4-19(5-3-9)11-16-10(13)17-12(18-11)20-7-14-6-15-20/h6-9,21H,2-5H2,1H3. The van der Waals surface area contributed by atoms with Gasteiger partial charge in [0.25, 0.3) is 5.95 Å². The van der Waals surface area contributed by atoms with Gasteiger partial charge >= 0.3 is 0 Å². The van der Waals surface area contributed by atoms with Crippen LogP contribution in [0, 0.1) is 5.92 Å². The summed E-state index contributed by atoms with van der Waals surface area (Å²) in [4.78, 5) is 18.5. The van der Waals surface area contributed by atoms with Crippen molar-refractivity contribution < 1.29 is 5.11 Å². The van der Waals surface area contributed by atoms with Gasteiger partial charge in [0, 0.05) is 13.1 Å². The van der Waals surface area contributed by atoms with Gasteiger partial charge in [-0.3, -0.25) is 0 Å². The summed E-state index contributed by atoms with van der Waals surface area (Å²) < 4.78 is 1.44. The Balaban J connectivity index is 1.80. The molecular weight excluding hydrogens is 294 g/mol. The average molecular weight is 310 g/mol. The van der Waals surface area contributed by atoms with Gasteiger partial charge in [-0.25, -0.2) is 4.98 Å². The third-order valence-electron chi connectivity index (χ3n) is 3.71. The smallest absolute Gasteiger partial charge is 0.258 e. The van der Waals surface area contributed by atoms with Gasteiger partial charge in [0.1, 0.15) is 12.7 Å². The fourth-order valence-electron chi connectivity index (χ4n) is 2.47. The lowest BCUT2D eigenvalue weighted by atomic mass is 9.92. The Bertz CT molecular complexity index is 596. The Morgan fingerprint density at radius 1 is 1.24 bits per heavy atom. The number of hydrogen-bond acceptors (Lipinski definition) is 7. The molecule has 112 valence electrons. The van der Waals surface area contributed by atoms with Crippen LogP contribution in [-0.4, -0.2) is 54.0 Å². The van der Waals surface area contributed by atoms with Gasteiger partial charge in [0.15, 0.2) is 0 Å². The van der Waals surface area contributed by atoms with Crippen molar-refractivity contribution >= 4 is 17.5 Å². The number of aliphatic hydroxyl groups excluding tert-OH is 1. The lowest BCUT2D eigenvalue weighted by Crippen LogP contribution is -2.38. The van der Waals surface area contributed by atoms with Crippen LogP contribution >= 0.6 is 11.6 Å². The first-order valence-corrected chi connectivity index (χ1v) is 7.21. The van der Waals surface area contributed by atoms with Gasteiger partial charge in [0.05, 0.1) is 6.10 Å². The van der Waals surface area contributed by atoms with Gasteiger partial charge in [0.2, 0.25) is 11.2 Å². The summed E-state index contributed by atoms with van der Waals surface area (Å²) in [5.41, 5.74) is 0. The maximum absolute atomic E-state index is 9.65. The van der Waals surface area contributed by atoms with Gasteiger partial charge in [-0.15, -0.1) is 0 Å². The molecule has 1 aliphatic rings. The van der Waals surface area contributed by atoms with Gasteiger partial charge in [-0.2, -0.15) is 24.7 Å². The SMILES string of the molecule is CC(O)C1CCN(c2nc(Cl)nc(-n3cncn3)n2)CC1. The van der Waals surface area contributed by atoms with Crippen molar-refractivity contribution in [1.82, 2.24) is 29.7 Å². The largest absolute Gasteiger partial charge is 0.393 e. The highest BCUT2D eigenvalue weighted by Crippen LogP contribution is 2.24.